The molecule has 0 aliphatic carbocycles. The molecular weight excluding hydrogens is 928 g/mol. The Balaban J connectivity index is 0.960. The number of benzene rings is 7. The molecule has 8 rings (SSSR count). The second-order valence-corrected chi connectivity index (χ2v) is 16.0. The second kappa shape index (κ2) is 22.5. The van der Waals surface area contributed by atoms with Crippen LogP contribution in [0.25, 0.3) is 22.9 Å². The number of carbonyl (C=O) groups excluding carboxylic acids is 2. The van der Waals surface area contributed by atoms with Crippen LogP contribution in [0.3, 0.4) is 0 Å². The van der Waals surface area contributed by atoms with E-state index < -0.39 is 22.7 Å². The molecule has 7 aromatic rings. The highest BCUT2D eigenvalue weighted by Gasteiger charge is 2.22. The lowest BCUT2D eigenvalue weighted by Crippen LogP contribution is -2.29. The summed E-state index contributed by atoms with van der Waals surface area (Å²) in [6.45, 7) is 1.95. The summed E-state index contributed by atoms with van der Waals surface area (Å²) in [5, 5.41) is 28.8. The fourth-order valence-electron chi connectivity index (χ4n) is 7.98. The molecule has 0 bridgehead atoms. The van der Waals surface area contributed by atoms with E-state index in [1.807, 2.05) is 18.2 Å². The first-order chi connectivity index (χ1) is 35.0. The summed E-state index contributed by atoms with van der Waals surface area (Å²) in [5.41, 5.74) is 3.17. The third kappa shape index (κ3) is 11.1. The molecule has 18 heteroatoms. The first-order valence-electron chi connectivity index (χ1n) is 22.5. The lowest BCUT2D eigenvalue weighted by atomic mass is 10.0. The smallest absolute Gasteiger partial charge is 0.347 e. The molecule has 1 heterocycles. The van der Waals surface area contributed by atoms with E-state index in [1.54, 1.807) is 55.7 Å². The highest BCUT2D eigenvalue weighted by atomic mass is 19.1. The van der Waals surface area contributed by atoms with Crippen LogP contribution < -0.4 is 38.1 Å². The van der Waals surface area contributed by atoms with Gasteiger partial charge in [-0.15, -0.1) is 10.2 Å². The van der Waals surface area contributed by atoms with Crippen LogP contribution in [0.2, 0.25) is 0 Å². The largest absolute Gasteiger partial charge is 0.496 e. The van der Waals surface area contributed by atoms with E-state index in [4.69, 9.17) is 33.2 Å². The van der Waals surface area contributed by atoms with Crippen molar-refractivity contribution in [1.29, 1.82) is 0 Å². The average molecular weight is 975 g/mol. The van der Waals surface area contributed by atoms with Crippen LogP contribution in [-0.4, -0.2) is 65.5 Å². The number of rotatable bonds is 17. The summed E-state index contributed by atoms with van der Waals surface area (Å²) in [6, 6.07) is 31.6. The Hall–Kier alpha value is -9.19. The third-order valence-corrected chi connectivity index (χ3v) is 11.6. The zero-order valence-electron chi connectivity index (χ0n) is 39.8. The molecule has 366 valence electrons. The zero-order chi connectivity index (χ0) is 50.7. The van der Waals surface area contributed by atoms with E-state index in [0.29, 0.717) is 44.8 Å². The van der Waals surface area contributed by atoms with Gasteiger partial charge in [-0.3, -0.25) is 10.1 Å². The number of anilines is 1. The number of nitro benzene ring substituents is 1. The number of hydrogen-bond acceptors (Lipinski definition) is 16. The molecule has 72 heavy (non-hydrogen) atoms. The van der Waals surface area contributed by atoms with Crippen molar-refractivity contribution in [3.8, 4) is 40.2 Å². The second-order valence-electron chi connectivity index (χ2n) is 16.0. The van der Waals surface area contributed by atoms with Gasteiger partial charge in [-0.05, 0) is 84.8 Å². The van der Waals surface area contributed by atoms with Crippen molar-refractivity contribution in [1.82, 2.24) is 0 Å². The van der Waals surface area contributed by atoms with Crippen LogP contribution in [0, 0.1) is 15.9 Å². The van der Waals surface area contributed by atoms with E-state index >= 15 is 4.39 Å². The van der Waals surface area contributed by atoms with Crippen LogP contribution in [-0.2, 0) is 0 Å². The third-order valence-electron chi connectivity index (χ3n) is 11.6. The van der Waals surface area contributed by atoms with E-state index in [9.17, 15) is 19.7 Å². The lowest BCUT2D eigenvalue weighted by molar-refractivity contribution is -0.384. The molecule has 0 spiro atoms. The number of non-ortho nitro benzene ring substituents is 1. The zero-order valence-corrected chi connectivity index (χ0v) is 39.8. The summed E-state index contributed by atoms with van der Waals surface area (Å²) in [5.74, 6) is -0.604. The number of nitro groups is 1. The molecule has 0 radical (unpaired) electrons. The number of halogens is 1. The summed E-state index contributed by atoms with van der Waals surface area (Å²) in [6.07, 6.45) is 6.95. The number of carbonyl (C=O) groups is 2. The minimum Gasteiger partial charge on any atom is -0.496 e. The Morgan fingerprint density at radius 1 is 0.583 bits per heavy atom. The van der Waals surface area contributed by atoms with Gasteiger partial charge in [0.25, 0.3) is 5.69 Å². The Bertz CT molecular complexity index is 3240. The maximum atomic E-state index is 15.6. The monoisotopic (exact) mass is 974 g/mol. The van der Waals surface area contributed by atoms with Gasteiger partial charge in [0.1, 0.15) is 45.7 Å². The molecule has 0 saturated carbocycles. The quantitative estimate of drug-likeness (QED) is 0.0209. The number of ether oxygens (including phenoxy) is 7. The molecule has 1 saturated heterocycles. The molecule has 0 unspecified atom stereocenters. The fraction of sp³-hybridized carbons (Fsp3) is 0.185. The first kappa shape index (κ1) is 49.2. The number of fused-ring (bicyclic) bond motifs is 1. The van der Waals surface area contributed by atoms with Gasteiger partial charge in [0.05, 0.1) is 63.0 Å². The maximum absolute atomic E-state index is 15.6. The Morgan fingerprint density at radius 3 is 1.90 bits per heavy atom. The molecule has 1 fully saturated rings. The number of methoxy groups -OCH3 is 5. The molecule has 1 aliphatic rings. The van der Waals surface area contributed by atoms with Crippen molar-refractivity contribution in [2.45, 2.75) is 19.3 Å². The van der Waals surface area contributed by atoms with Crippen molar-refractivity contribution in [3.05, 3.63) is 160 Å². The van der Waals surface area contributed by atoms with Gasteiger partial charge in [0.15, 0.2) is 17.3 Å². The summed E-state index contributed by atoms with van der Waals surface area (Å²) < 4.78 is 55.1. The average Bonchev–Trinajstić information content (AvgIpc) is 3.41. The van der Waals surface area contributed by atoms with E-state index in [0.717, 1.165) is 37.7 Å². The molecule has 7 aromatic carbocycles. The van der Waals surface area contributed by atoms with E-state index in [2.05, 4.69) is 25.4 Å². The summed E-state index contributed by atoms with van der Waals surface area (Å²) in [4.78, 5) is 40.4. The van der Waals surface area contributed by atoms with Crippen LogP contribution >= 0.6 is 0 Å². The van der Waals surface area contributed by atoms with Crippen molar-refractivity contribution in [2.75, 3.05) is 53.5 Å². The van der Waals surface area contributed by atoms with E-state index in [1.165, 1.54) is 95.5 Å². The first-order valence-corrected chi connectivity index (χ1v) is 22.5. The Morgan fingerprint density at radius 2 is 1.22 bits per heavy atom. The van der Waals surface area contributed by atoms with Crippen molar-refractivity contribution < 1.29 is 52.1 Å². The van der Waals surface area contributed by atoms with Crippen molar-refractivity contribution >= 4 is 69.0 Å². The SMILES string of the molecule is COc1cc(N2CCCCC2)ccc1N=Nc1cc(F)c(N=Nc2ccc(C(=O)Oc3ccc(C(=O)Oc4cc(OC)c(/C=C/c5ccc([N+](=O)[O-])cc5)c(OC)c4)c4ccccc34)c(OC)c2)c(OC)c1. The van der Waals surface area contributed by atoms with Gasteiger partial charge in [-0.25, -0.2) is 14.0 Å². The van der Waals surface area contributed by atoms with Crippen molar-refractivity contribution in [3.63, 3.8) is 0 Å². The highest BCUT2D eigenvalue weighted by Crippen LogP contribution is 2.40. The topological polar surface area (TPSA) is 195 Å². The minimum absolute atomic E-state index is 0.0318. The normalized spacial score (nSPS) is 12.6. The molecule has 0 atom stereocenters. The van der Waals surface area contributed by atoms with Crippen LogP contribution in [0.1, 0.15) is 51.1 Å². The Kier molecular flexibility index (Phi) is 15.4. The van der Waals surface area contributed by atoms with Crippen LogP contribution in [0.15, 0.2) is 142 Å². The van der Waals surface area contributed by atoms with Gasteiger partial charge in [0.2, 0.25) is 0 Å². The van der Waals surface area contributed by atoms with Crippen molar-refractivity contribution in [2.24, 2.45) is 20.5 Å². The Labute approximate surface area is 412 Å². The van der Waals surface area contributed by atoms with Crippen LogP contribution in [0.4, 0.5) is 38.5 Å². The number of hydrogen-bond donors (Lipinski definition) is 0. The lowest BCUT2D eigenvalue weighted by Gasteiger charge is -2.29. The predicted octanol–water partition coefficient (Wildman–Crippen LogP) is 13.4. The maximum Gasteiger partial charge on any atom is 0.347 e. The highest BCUT2D eigenvalue weighted by molar-refractivity contribution is 6.08. The molecule has 17 nitrogen and oxygen atoms in total. The number of piperidine rings is 1. The molecule has 0 N–H and O–H groups in total. The van der Waals surface area contributed by atoms with Gasteiger partial charge in [-0.1, -0.05) is 30.3 Å². The minimum atomic E-state index is -0.772. The molecule has 1 aliphatic heterocycles. The van der Waals surface area contributed by atoms with Gasteiger partial charge >= 0.3 is 11.9 Å². The predicted molar refractivity (Wildman–Crippen MR) is 269 cm³/mol. The molecule has 0 aromatic heterocycles. The standard InChI is InChI=1S/C54H47FN6O11/c1-66-47-28-34(56-59-52-44(55)27-35(29-51(52)70-5)57-58-45-23-19-37(30-50(45)69-4)60-25-9-6-10-26-60)16-21-43(47)54(63)72-46-24-22-41(39-11-7-8-12-40(39)46)53(62)71-38-31-48(67-2)42(49(32-38)68-3)20-15-33-13-17-36(18-14-33)61(64)65/h7-8,11-24,27-32H,6,9-10,25-26H2,1-5H3/b20-15+,58-57?,59-56?. The van der Waals surface area contributed by atoms with E-state index in [-0.39, 0.29) is 56.9 Å². The fourth-order valence-corrected chi connectivity index (χ4v) is 7.98. The molecular formula is C54H47FN6O11. The van der Waals surface area contributed by atoms with Gasteiger partial charge < -0.3 is 38.1 Å². The van der Waals surface area contributed by atoms with Crippen LogP contribution in [0.5, 0.6) is 40.2 Å². The molecule has 0 amide bonds. The number of azo groups is 2. The number of esters is 2. The van der Waals surface area contributed by atoms with Gasteiger partial charge in [0, 0.05) is 72.7 Å². The summed E-state index contributed by atoms with van der Waals surface area (Å²) in [7, 11) is 7.21. The van der Waals surface area contributed by atoms with Gasteiger partial charge in [-0.2, -0.15) is 10.2 Å². The number of nitrogens with zero attached hydrogens (tertiary/aromatic N) is 6. The summed E-state index contributed by atoms with van der Waals surface area (Å²) >= 11 is 0.